The lowest BCUT2D eigenvalue weighted by molar-refractivity contribution is 0.183. The summed E-state index contributed by atoms with van der Waals surface area (Å²) in [5.74, 6) is 0.725. The minimum absolute atomic E-state index is 0.600. The van der Waals surface area contributed by atoms with E-state index >= 15 is 0 Å². The maximum absolute atomic E-state index is 9.62. The maximum Gasteiger partial charge on any atom is 0.121 e. The topological polar surface area (TPSA) is 47.2 Å². The molecule has 1 aromatic heterocycles. The molecule has 0 amide bonds. The number of methoxy groups -OCH3 is 1. The van der Waals surface area contributed by atoms with E-state index in [1.54, 1.807) is 19.0 Å². The molecular formula is C18H16N2O2. The molecule has 4 heteroatoms. The van der Waals surface area contributed by atoms with Gasteiger partial charge < -0.3 is 9.57 Å². The highest BCUT2D eigenvalue weighted by molar-refractivity contribution is 5.94. The van der Waals surface area contributed by atoms with Crippen molar-refractivity contribution in [1.29, 1.82) is 5.26 Å². The zero-order valence-electron chi connectivity index (χ0n) is 12.8. The lowest BCUT2D eigenvalue weighted by atomic mass is 10.0. The van der Waals surface area contributed by atoms with E-state index in [9.17, 15) is 5.26 Å². The van der Waals surface area contributed by atoms with Gasteiger partial charge in [-0.3, -0.25) is 0 Å². The molecule has 110 valence electrons. The van der Waals surface area contributed by atoms with Gasteiger partial charge in [-0.15, -0.1) is 0 Å². The number of nitriles is 1. The van der Waals surface area contributed by atoms with Gasteiger partial charge in [0.05, 0.1) is 18.2 Å². The predicted molar refractivity (Wildman–Crippen MR) is 85.9 cm³/mol. The zero-order chi connectivity index (χ0) is 15.7. The Hall–Kier alpha value is -2.93. The molecule has 3 aromatic rings. The highest BCUT2D eigenvalue weighted by Crippen LogP contribution is 2.34. The number of rotatable bonds is 3. The number of aromatic nitrogens is 1. The van der Waals surface area contributed by atoms with Crippen LogP contribution in [0.15, 0.2) is 42.5 Å². The van der Waals surface area contributed by atoms with E-state index in [1.165, 1.54) is 5.56 Å². The van der Waals surface area contributed by atoms with Crippen LogP contribution in [0.4, 0.5) is 0 Å². The first-order chi connectivity index (χ1) is 10.7. The SMILES string of the molecule is COc1ccc2c(C#N)c(-c3ccc(C)cc3)n(OC)c2c1. The van der Waals surface area contributed by atoms with Crippen molar-refractivity contribution in [3.63, 3.8) is 0 Å². The molecule has 0 bridgehead atoms. The van der Waals surface area contributed by atoms with Gasteiger partial charge in [-0.05, 0) is 19.1 Å². The van der Waals surface area contributed by atoms with E-state index in [1.807, 2.05) is 49.4 Å². The first-order valence-electron chi connectivity index (χ1n) is 6.93. The van der Waals surface area contributed by atoms with Gasteiger partial charge in [-0.1, -0.05) is 29.8 Å². The van der Waals surface area contributed by atoms with E-state index in [2.05, 4.69) is 6.07 Å². The van der Waals surface area contributed by atoms with Gasteiger partial charge in [0.2, 0.25) is 0 Å². The molecule has 2 aromatic carbocycles. The number of benzene rings is 2. The quantitative estimate of drug-likeness (QED) is 0.741. The van der Waals surface area contributed by atoms with E-state index in [4.69, 9.17) is 9.57 Å². The number of aryl methyl sites for hydroxylation is 1. The number of hydrogen-bond acceptors (Lipinski definition) is 3. The van der Waals surface area contributed by atoms with Crippen LogP contribution < -0.4 is 9.57 Å². The van der Waals surface area contributed by atoms with Crippen LogP contribution in [-0.2, 0) is 0 Å². The zero-order valence-corrected chi connectivity index (χ0v) is 12.8. The van der Waals surface area contributed by atoms with Crippen molar-refractivity contribution in [3.05, 3.63) is 53.6 Å². The molecule has 0 spiro atoms. The summed E-state index contributed by atoms with van der Waals surface area (Å²) in [6.45, 7) is 2.03. The van der Waals surface area contributed by atoms with Gasteiger partial charge in [0.15, 0.2) is 0 Å². The molecule has 0 radical (unpaired) electrons. The number of fused-ring (bicyclic) bond motifs is 1. The molecule has 0 saturated heterocycles. The minimum Gasteiger partial charge on any atom is -0.497 e. The van der Waals surface area contributed by atoms with Gasteiger partial charge in [0, 0.05) is 17.0 Å². The van der Waals surface area contributed by atoms with Crippen molar-refractivity contribution in [2.45, 2.75) is 6.92 Å². The fourth-order valence-corrected chi connectivity index (χ4v) is 2.64. The van der Waals surface area contributed by atoms with Crippen molar-refractivity contribution >= 4 is 10.9 Å². The van der Waals surface area contributed by atoms with Crippen LogP contribution in [-0.4, -0.2) is 19.0 Å². The van der Waals surface area contributed by atoms with Crippen LogP contribution in [0.3, 0.4) is 0 Å². The number of ether oxygens (including phenoxy) is 1. The van der Waals surface area contributed by atoms with Crippen molar-refractivity contribution in [2.75, 3.05) is 14.2 Å². The summed E-state index contributed by atoms with van der Waals surface area (Å²) in [6.07, 6.45) is 0. The van der Waals surface area contributed by atoms with Crippen LogP contribution in [0.1, 0.15) is 11.1 Å². The van der Waals surface area contributed by atoms with E-state index < -0.39 is 0 Å². The van der Waals surface area contributed by atoms with Crippen LogP contribution in [0.5, 0.6) is 5.75 Å². The molecule has 0 unspecified atom stereocenters. The lowest BCUT2D eigenvalue weighted by Crippen LogP contribution is -2.07. The molecule has 22 heavy (non-hydrogen) atoms. The largest absolute Gasteiger partial charge is 0.497 e. The molecule has 0 aliphatic rings. The van der Waals surface area contributed by atoms with E-state index in [-0.39, 0.29) is 0 Å². The molecule has 0 atom stereocenters. The van der Waals surface area contributed by atoms with E-state index in [0.29, 0.717) is 5.56 Å². The molecule has 0 saturated carbocycles. The molecule has 0 aliphatic heterocycles. The van der Waals surface area contributed by atoms with Crippen molar-refractivity contribution < 1.29 is 9.57 Å². The highest BCUT2D eigenvalue weighted by Gasteiger charge is 2.19. The Morgan fingerprint density at radius 2 is 1.77 bits per heavy atom. The second-order valence-corrected chi connectivity index (χ2v) is 5.06. The Balaban J connectivity index is 2.37. The Morgan fingerprint density at radius 3 is 2.36 bits per heavy atom. The number of nitrogens with zero attached hydrogens (tertiary/aromatic N) is 2. The Morgan fingerprint density at radius 1 is 1.05 bits per heavy atom. The molecule has 0 fully saturated rings. The second-order valence-electron chi connectivity index (χ2n) is 5.06. The van der Waals surface area contributed by atoms with Gasteiger partial charge in [0.1, 0.15) is 24.6 Å². The summed E-state index contributed by atoms with van der Waals surface area (Å²) in [4.78, 5) is 5.54. The molecule has 1 heterocycles. The van der Waals surface area contributed by atoms with Crippen LogP contribution in [0, 0.1) is 18.3 Å². The third-order valence-corrected chi connectivity index (χ3v) is 3.75. The van der Waals surface area contributed by atoms with Gasteiger partial charge in [-0.25, -0.2) is 0 Å². The first-order valence-corrected chi connectivity index (χ1v) is 6.93. The molecular weight excluding hydrogens is 276 g/mol. The normalized spacial score (nSPS) is 10.5. The molecule has 3 rings (SSSR count). The van der Waals surface area contributed by atoms with Gasteiger partial charge in [-0.2, -0.15) is 9.99 Å². The third kappa shape index (κ3) is 2.08. The summed E-state index contributed by atoms with van der Waals surface area (Å²) in [5, 5.41) is 10.5. The fourth-order valence-electron chi connectivity index (χ4n) is 2.64. The van der Waals surface area contributed by atoms with Gasteiger partial charge >= 0.3 is 0 Å². The first kappa shape index (κ1) is 14.0. The monoisotopic (exact) mass is 292 g/mol. The van der Waals surface area contributed by atoms with Crippen molar-refractivity contribution in [3.8, 4) is 23.1 Å². The van der Waals surface area contributed by atoms with Crippen molar-refractivity contribution in [2.24, 2.45) is 0 Å². The minimum atomic E-state index is 0.600. The summed E-state index contributed by atoms with van der Waals surface area (Å²) in [7, 11) is 3.21. The van der Waals surface area contributed by atoms with E-state index in [0.717, 1.165) is 27.9 Å². The van der Waals surface area contributed by atoms with Crippen LogP contribution in [0.25, 0.3) is 22.2 Å². The maximum atomic E-state index is 9.62. The Bertz CT molecular complexity index is 871. The van der Waals surface area contributed by atoms with Crippen molar-refractivity contribution in [1.82, 2.24) is 4.73 Å². The van der Waals surface area contributed by atoms with Crippen LogP contribution in [0.2, 0.25) is 0 Å². The average Bonchev–Trinajstić information content (AvgIpc) is 2.87. The average molecular weight is 292 g/mol. The molecule has 0 aliphatic carbocycles. The standard InChI is InChI=1S/C18H16N2O2/c1-12-4-6-13(7-5-12)18-16(11-19)15-9-8-14(21-2)10-17(15)20(18)22-3/h4-10H,1-3H3. The number of hydrogen-bond donors (Lipinski definition) is 0. The predicted octanol–water partition coefficient (Wildman–Crippen LogP) is 3.56. The summed E-state index contributed by atoms with van der Waals surface area (Å²) < 4.78 is 6.96. The summed E-state index contributed by atoms with van der Waals surface area (Å²) in [6, 6.07) is 16.0. The Labute approximate surface area is 129 Å². The third-order valence-electron chi connectivity index (χ3n) is 3.75. The Kier molecular flexibility index (Phi) is 3.48. The molecule has 4 nitrogen and oxygen atoms in total. The summed E-state index contributed by atoms with van der Waals surface area (Å²) >= 11 is 0. The van der Waals surface area contributed by atoms with Crippen LogP contribution >= 0.6 is 0 Å². The van der Waals surface area contributed by atoms with Gasteiger partial charge in [0.25, 0.3) is 0 Å². The fraction of sp³-hybridized carbons (Fsp3) is 0.167. The lowest BCUT2D eigenvalue weighted by Gasteiger charge is -2.09. The smallest absolute Gasteiger partial charge is 0.121 e. The second kappa shape index (κ2) is 5.45. The summed E-state index contributed by atoms with van der Waals surface area (Å²) in [5.41, 5.74) is 4.29. The molecule has 0 N–H and O–H groups in total. The highest BCUT2D eigenvalue weighted by atomic mass is 16.6.